The molecule has 3 rings (SSSR count). The fraction of sp³-hybridized carbons (Fsp3) is 0.394. The van der Waals surface area contributed by atoms with Crippen LogP contribution in [0.1, 0.15) is 88.6 Å². The van der Waals surface area contributed by atoms with Crippen molar-refractivity contribution in [3.05, 3.63) is 76.6 Å². The molecule has 0 atom stereocenters. The minimum absolute atomic E-state index is 0.153. The number of amides is 2. The summed E-state index contributed by atoms with van der Waals surface area (Å²) >= 11 is 0. The van der Waals surface area contributed by atoms with Gasteiger partial charge in [0.2, 0.25) is 12.3 Å². The van der Waals surface area contributed by atoms with E-state index in [2.05, 4.69) is 41.0 Å². The van der Waals surface area contributed by atoms with Gasteiger partial charge in [-0.15, -0.1) is 0 Å². The van der Waals surface area contributed by atoms with E-state index in [9.17, 15) is 18.4 Å². The van der Waals surface area contributed by atoms with Crippen LogP contribution in [0.5, 0.6) is 0 Å². The summed E-state index contributed by atoms with van der Waals surface area (Å²) in [6.45, 7) is 20.0. The maximum Gasteiger partial charge on any atom is 0.248 e. The van der Waals surface area contributed by atoms with Gasteiger partial charge < -0.3 is 16.0 Å². The van der Waals surface area contributed by atoms with Gasteiger partial charge in [-0.2, -0.15) is 0 Å². The number of aryl methyl sites for hydroxylation is 1. The minimum atomic E-state index is -0.739. The van der Waals surface area contributed by atoms with Crippen molar-refractivity contribution in [1.82, 2.24) is 14.9 Å². The predicted molar refractivity (Wildman–Crippen MR) is 171 cm³/mol. The second-order valence-corrected chi connectivity index (χ2v) is 8.44. The molecule has 0 aliphatic heterocycles. The standard InChI is InChI=1S/C21H16F2N4O2.C8H19N.2C2H6/c1-12-26-19(13-4-2-5-14(10-13)20(24)29)16(21(27-12)25-11-28)9-8-15-17(22)6-3-7-18(15)23;1-4-7-8-9(5-2)6-3;2*1-2/h2-11H,1H3,(H2,24,29)(H,25,26,27,28);4-8H2,1-3H3;2*1-2H3/b9-8-;;;. The van der Waals surface area contributed by atoms with Crippen molar-refractivity contribution in [1.29, 1.82) is 0 Å². The van der Waals surface area contributed by atoms with Crippen molar-refractivity contribution in [2.45, 2.75) is 68.2 Å². The van der Waals surface area contributed by atoms with Gasteiger partial charge in [-0.05, 0) is 69.4 Å². The number of carbonyl (C=O) groups excluding carboxylic acids is 2. The second kappa shape index (κ2) is 21.7. The van der Waals surface area contributed by atoms with E-state index < -0.39 is 17.5 Å². The second-order valence-electron chi connectivity index (χ2n) is 8.44. The first-order valence-electron chi connectivity index (χ1n) is 14.6. The molecule has 3 N–H and O–H groups in total. The number of carbonyl (C=O) groups is 2. The number of halogens is 2. The highest BCUT2D eigenvalue weighted by atomic mass is 19.1. The molecule has 0 spiro atoms. The number of unbranched alkanes of at least 4 members (excludes halogenated alkanes) is 1. The van der Waals surface area contributed by atoms with Crippen molar-refractivity contribution < 1.29 is 18.4 Å². The number of hydrogen-bond donors (Lipinski definition) is 2. The molecule has 3 aromatic rings. The molecule has 2 amide bonds. The summed E-state index contributed by atoms with van der Waals surface area (Å²) in [6, 6.07) is 9.94. The molecule has 7 nitrogen and oxygen atoms in total. The molecule has 0 saturated heterocycles. The molecule has 0 unspecified atom stereocenters. The van der Waals surface area contributed by atoms with E-state index >= 15 is 0 Å². The third-order valence-electron chi connectivity index (χ3n) is 5.81. The third-order valence-corrected chi connectivity index (χ3v) is 5.81. The lowest BCUT2D eigenvalue weighted by Crippen LogP contribution is -2.23. The highest BCUT2D eigenvalue weighted by Crippen LogP contribution is 2.29. The SMILES string of the molecule is CC.CC.CCCCN(CC)CC.Cc1nc(NC=O)c(/C=C\c2c(F)cccc2F)c(-c2cccc(C(N)=O)c2)n1. The van der Waals surface area contributed by atoms with E-state index in [1.54, 1.807) is 25.1 Å². The summed E-state index contributed by atoms with van der Waals surface area (Å²) in [5.74, 6) is -1.59. The summed E-state index contributed by atoms with van der Waals surface area (Å²) in [5.41, 5.74) is 6.55. The number of nitrogens with one attached hydrogen (secondary N) is 1. The number of nitrogens with zero attached hydrogens (tertiary/aromatic N) is 3. The zero-order chi connectivity index (χ0) is 32.1. The van der Waals surface area contributed by atoms with Crippen LogP contribution in [-0.4, -0.2) is 46.8 Å². The lowest BCUT2D eigenvalue weighted by molar-refractivity contribution is -0.105. The largest absolute Gasteiger partial charge is 0.366 e. The molecule has 0 aliphatic rings. The van der Waals surface area contributed by atoms with Crippen LogP contribution >= 0.6 is 0 Å². The lowest BCUT2D eigenvalue weighted by atomic mass is 10.0. The first-order chi connectivity index (χ1) is 20.2. The van der Waals surface area contributed by atoms with Crippen LogP contribution in [0.3, 0.4) is 0 Å². The van der Waals surface area contributed by atoms with Crippen LogP contribution in [-0.2, 0) is 4.79 Å². The lowest BCUT2D eigenvalue weighted by Gasteiger charge is -2.16. The highest BCUT2D eigenvalue weighted by Gasteiger charge is 2.15. The minimum Gasteiger partial charge on any atom is -0.366 e. The Morgan fingerprint density at radius 1 is 0.929 bits per heavy atom. The molecule has 0 aliphatic carbocycles. The Bertz CT molecular complexity index is 1240. The maximum absolute atomic E-state index is 14.0. The average molecular weight is 584 g/mol. The van der Waals surface area contributed by atoms with Gasteiger partial charge in [0, 0.05) is 22.3 Å². The summed E-state index contributed by atoms with van der Waals surface area (Å²) in [6.07, 6.45) is 5.74. The zero-order valence-electron chi connectivity index (χ0n) is 26.3. The average Bonchev–Trinajstić information content (AvgIpc) is 3.00. The predicted octanol–water partition coefficient (Wildman–Crippen LogP) is 7.75. The van der Waals surface area contributed by atoms with E-state index in [4.69, 9.17) is 5.73 Å². The first-order valence-corrected chi connectivity index (χ1v) is 14.6. The summed E-state index contributed by atoms with van der Waals surface area (Å²) in [7, 11) is 0. The molecule has 0 fully saturated rings. The maximum atomic E-state index is 14.0. The monoisotopic (exact) mass is 583 g/mol. The summed E-state index contributed by atoms with van der Waals surface area (Å²) in [5, 5.41) is 2.47. The molecular weight excluding hydrogens is 536 g/mol. The van der Waals surface area contributed by atoms with Crippen molar-refractivity contribution in [2.75, 3.05) is 25.0 Å². The molecule has 2 aromatic carbocycles. The smallest absolute Gasteiger partial charge is 0.248 e. The van der Waals surface area contributed by atoms with E-state index in [0.29, 0.717) is 29.1 Å². The molecule has 9 heteroatoms. The number of benzene rings is 2. The molecule has 0 bridgehead atoms. The van der Waals surface area contributed by atoms with Crippen LogP contribution in [0.15, 0.2) is 42.5 Å². The molecule has 0 saturated carbocycles. The Balaban J connectivity index is 0.00000110. The van der Waals surface area contributed by atoms with E-state index in [1.165, 1.54) is 56.8 Å². The number of anilines is 1. The van der Waals surface area contributed by atoms with Crippen molar-refractivity contribution in [3.8, 4) is 11.3 Å². The molecule has 230 valence electrons. The van der Waals surface area contributed by atoms with Gasteiger partial charge in [-0.3, -0.25) is 9.59 Å². The topological polar surface area (TPSA) is 101 Å². The Kier molecular flexibility index (Phi) is 19.7. The van der Waals surface area contributed by atoms with Gasteiger partial charge >= 0.3 is 0 Å². The fourth-order valence-electron chi connectivity index (χ4n) is 3.70. The molecule has 1 aromatic heterocycles. The third kappa shape index (κ3) is 12.3. The van der Waals surface area contributed by atoms with Gasteiger partial charge in [-0.1, -0.05) is 73.1 Å². The summed E-state index contributed by atoms with van der Waals surface area (Å²) in [4.78, 5) is 33.6. The Hall–Kier alpha value is -3.98. The number of hydrogen-bond acceptors (Lipinski definition) is 5. The van der Waals surface area contributed by atoms with E-state index in [1.807, 2.05) is 27.7 Å². The van der Waals surface area contributed by atoms with Gasteiger partial charge in [0.1, 0.15) is 23.3 Å². The number of rotatable bonds is 11. The Morgan fingerprint density at radius 2 is 1.50 bits per heavy atom. The van der Waals surface area contributed by atoms with Gasteiger partial charge in [0.25, 0.3) is 0 Å². The normalized spacial score (nSPS) is 10.1. The first kappa shape index (κ1) is 38.0. The van der Waals surface area contributed by atoms with E-state index in [0.717, 1.165) is 12.1 Å². The van der Waals surface area contributed by atoms with Crippen LogP contribution in [0.2, 0.25) is 0 Å². The molecule has 0 radical (unpaired) electrons. The molecule has 42 heavy (non-hydrogen) atoms. The Morgan fingerprint density at radius 3 is 2.02 bits per heavy atom. The number of primary amides is 1. The quantitative estimate of drug-likeness (QED) is 0.225. The zero-order valence-corrected chi connectivity index (χ0v) is 26.3. The van der Waals surface area contributed by atoms with Crippen molar-refractivity contribution >= 4 is 30.3 Å². The molecular formula is C33H47F2N5O2. The van der Waals surface area contributed by atoms with Crippen LogP contribution < -0.4 is 11.1 Å². The number of aromatic nitrogens is 2. The molecule has 1 heterocycles. The highest BCUT2D eigenvalue weighted by molar-refractivity contribution is 5.95. The summed E-state index contributed by atoms with van der Waals surface area (Å²) < 4.78 is 28.0. The van der Waals surface area contributed by atoms with Crippen molar-refractivity contribution in [2.24, 2.45) is 5.73 Å². The van der Waals surface area contributed by atoms with Gasteiger partial charge in [-0.25, -0.2) is 18.7 Å². The van der Waals surface area contributed by atoms with Crippen LogP contribution in [0.25, 0.3) is 23.4 Å². The van der Waals surface area contributed by atoms with E-state index in [-0.39, 0.29) is 16.9 Å². The number of nitrogens with two attached hydrogens (primary N) is 1. The van der Waals surface area contributed by atoms with Gasteiger partial charge in [0.05, 0.1) is 5.69 Å². The van der Waals surface area contributed by atoms with Gasteiger partial charge in [0.15, 0.2) is 0 Å². The Labute approximate surface area is 250 Å². The fourth-order valence-corrected chi connectivity index (χ4v) is 3.70. The van der Waals surface area contributed by atoms with Crippen molar-refractivity contribution in [3.63, 3.8) is 0 Å². The van der Waals surface area contributed by atoms with Crippen LogP contribution in [0, 0.1) is 18.6 Å². The van der Waals surface area contributed by atoms with Crippen LogP contribution in [0.4, 0.5) is 14.6 Å².